The molecule has 1 atom stereocenters. The normalized spacial score (nSPS) is 20.4. The van der Waals surface area contributed by atoms with Crippen LogP contribution in [0.2, 0.25) is 0 Å². The lowest BCUT2D eigenvalue weighted by molar-refractivity contribution is 0.188. The van der Waals surface area contributed by atoms with Gasteiger partial charge in [-0.1, -0.05) is 24.3 Å². The molecule has 0 fully saturated rings. The Morgan fingerprint density at radius 3 is 2.56 bits per heavy atom. The van der Waals surface area contributed by atoms with E-state index in [0.717, 1.165) is 13.1 Å². The van der Waals surface area contributed by atoms with Crippen molar-refractivity contribution in [2.45, 2.75) is 38.9 Å². The van der Waals surface area contributed by atoms with Crippen molar-refractivity contribution in [3.63, 3.8) is 0 Å². The van der Waals surface area contributed by atoms with Gasteiger partial charge < -0.3 is 5.73 Å². The second-order valence-corrected chi connectivity index (χ2v) is 5.27. The third-order valence-corrected chi connectivity index (χ3v) is 3.04. The van der Waals surface area contributed by atoms with Crippen molar-refractivity contribution in [1.29, 1.82) is 0 Å². The summed E-state index contributed by atoms with van der Waals surface area (Å²) in [5.74, 6) is 0. The van der Waals surface area contributed by atoms with Crippen LogP contribution in [0.25, 0.3) is 0 Å². The van der Waals surface area contributed by atoms with Crippen LogP contribution in [-0.2, 0) is 6.54 Å². The first-order valence-corrected chi connectivity index (χ1v) is 5.58. The Bertz CT molecular complexity index is 357. The summed E-state index contributed by atoms with van der Waals surface area (Å²) in [6, 6.07) is 9.18. The van der Waals surface area contributed by atoms with E-state index in [-0.39, 0.29) is 17.9 Å². The average Bonchev–Trinajstić information content (AvgIpc) is 2.42. The van der Waals surface area contributed by atoms with E-state index in [2.05, 4.69) is 49.9 Å². The Balaban J connectivity index is 0.00000128. The van der Waals surface area contributed by atoms with Crippen LogP contribution in [0.3, 0.4) is 0 Å². The van der Waals surface area contributed by atoms with Gasteiger partial charge in [0.1, 0.15) is 0 Å². The summed E-state index contributed by atoms with van der Waals surface area (Å²) in [5, 5.41) is 0. The van der Waals surface area contributed by atoms with Crippen molar-refractivity contribution in [2.75, 3.05) is 6.54 Å². The van der Waals surface area contributed by atoms with Crippen molar-refractivity contribution < 1.29 is 0 Å². The first kappa shape index (κ1) is 13.5. The van der Waals surface area contributed by atoms with E-state index in [4.69, 9.17) is 5.73 Å². The zero-order valence-corrected chi connectivity index (χ0v) is 11.1. The first-order chi connectivity index (χ1) is 6.97. The number of hydrogen-bond acceptors (Lipinski definition) is 2. The third kappa shape index (κ3) is 2.76. The third-order valence-electron chi connectivity index (χ3n) is 3.04. The van der Waals surface area contributed by atoms with Gasteiger partial charge in [-0.05, 0) is 31.9 Å². The summed E-state index contributed by atoms with van der Waals surface area (Å²) in [6.07, 6.45) is 0. The number of hydrogen-bond donors (Lipinski definition) is 1. The van der Waals surface area contributed by atoms with E-state index in [1.165, 1.54) is 11.1 Å². The molecule has 2 N–H and O–H groups in total. The standard InChI is InChI=1S/C13H20N2.ClH/c1-10-12-7-5-4-6-11(12)8-15(10)9-13(2,3)14;/h4-7,10H,8-9,14H2,1-3H3;1H. The summed E-state index contributed by atoms with van der Waals surface area (Å²) in [4.78, 5) is 2.45. The Morgan fingerprint density at radius 1 is 1.38 bits per heavy atom. The molecule has 0 spiro atoms. The Kier molecular flexibility index (Phi) is 4.00. The molecule has 1 heterocycles. The molecule has 1 unspecified atom stereocenters. The Morgan fingerprint density at radius 2 is 2.00 bits per heavy atom. The predicted molar refractivity (Wildman–Crippen MR) is 70.8 cm³/mol. The van der Waals surface area contributed by atoms with E-state index >= 15 is 0 Å². The van der Waals surface area contributed by atoms with Gasteiger partial charge in [-0.3, -0.25) is 4.90 Å². The highest BCUT2D eigenvalue weighted by Crippen LogP contribution is 2.33. The predicted octanol–water partition coefficient (Wildman–Crippen LogP) is 2.72. The smallest absolute Gasteiger partial charge is 0.0327 e. The van der Waals surface area contributed by atoms with Gasteiger partial charge in [0.05, 0.1) is 0 Å². The Hall–Kier alpha value is -0.570. The van der Waals surface area contributed by atoms with Crippen LogP contribution in [0.5, 0.6) is 0 Å². The molecule has 0 bridgehead atoms. The summed E-state index contributed by atoms with van der Waals surface area (Å²) in [7, 11) is 0. The molecule has 0 saturated heterocycles. The number of fused-ring (bicyclic) bond motifs is 1. The average molecular weight is 241 g/mol. The lowest BCUT2D eigenvalue weighted by Gasteiger charge is -2.29. The molecule has 1 aliphatic rings. The lowest BCUT2D eigenvalue weighted by atomic mass is 10.0. The van der Waals surface area contributed by atoms with Crippen molar-refractivity contribution >= 4 is 12.4 Å². The van der Waals surface area contributed by atoms with Gasteiger partial charge in [-0.15, -0.1) is 12.4 Å². The quantitative estimate of drug-likeness (QED) is 0.862. The fourth-order valence-electron chi connectivity index (χ4n) is 2.35. The largest absolute Gasteiger partial charge is 0.324 e. The minimum Gasteiger partial charge on any atom is -0.324 e. The molecular weight excluding hydrogens is 220 g/mol. The van der Waals surface area contributed by atoms with Crippen molar-refractivity contribution in [3.8, 4) is 0 Å². The topological polar surface area (TPSA) is 29.3 Å². The molecule has 1 aliphatic heterocycles. The van der Waals surface area contributed by atoms with Gasteiger partial charge in [0.15, 0.2) is 0 Å². The van der Waals surface area contributed by atoms with Crippen LogP contribution >= 0.6 is 12.4 Å². The Labute approximate surface area is 104 Å². The number of nitrogens with zero attached hydrogens (tertiary/aromatic N) is 1. The minimum absolute atomic E-state index is 0. The maximum Gasteiger partial charge on any atom is 0.0327 e. The van der Waals surface area contributed by atoms with E-state index in [1.807, 2.05) is 0 Å². The summed E-state index contributed by atoms with van der Waals surface area (Å²) in [5.41, 5.74) is 8.87. The fraction of sp³-hybridized carbons (Fsp3) is 0.538. The molecule has 0 saturated carbocycles. The first-order valence-electron chi connectivity index (χ1n) is 5.58. The van der Waals surface area contributed by atoms with Crippen molar-refractivity contribution in [2.24, 2.45) is 5.73 Å². The highest BCUT2D eigenvalue weighted by molar-refractivity contribution is 5.85. The molecule has 1 aromatic carbocycles. The van der Waals surface area contributed by atoms with Crippen LogP contribution in [0, 0.1) is 0 Å². The number of halogens is 1. The van der Waals surface area contributed by atoms with Gasteiger partial charge >= 0.3 is 0 Å². The van der Waals surface area contributed by atoms with Crippen molar-refractivity contribution in [1.82, 2.24) is 4.90 Å². The van der Waals surface area contributed by atoms with Gasteiger partial charge in [0.25, 0.3) is 0 Å². The van der Waals surface area contributed by atoms with Crippen LogP contribution in [-0.4, -0.2) is 17.0 Å². The molecule has 2 nitrogen and oxygen atoms in total. The molecule has 2 rings (SSSR count). The molecule has 0 amide bonds. The monoisotopic (exact) mass is 240 g/mol. The molecular formula is C13H21ClN2. The van der Waals surface area contributed by atoms with Crippen LogP contribution in [0.1, 0.15) is 37.9 Å². The van der Waals surface area contributed by atoms with Crippen molar-refractivity contribution in [3.05, 3.63) is 35.4 Å². The SMILES string of the molecule is CC1c2ccccc2CN1CC(C)(C)N.Cl. The summed E-state index contributed by atoms with van der Waals surface area (Å²) >= 11 is 0. The zero-order valence-electron chi connectivity index (χ0n) is 10.2. The maximum absolute atomic E-state index is 6.07. The van der Waals surface area contributed by atoms with Crippen LogP contribution < -0.4 is 5.73 Å². The molecule has 1 aromatic rings. The number of benzene rings is 1. The van der Waals surface area contributed by atoms with Gasteiger partial charge in [0.2, 0.25) is 0 Å². The molecule has 0 aliphatic carbocycles. The molecule has 3 heteroatoms. The van der Waals surface area contributed by atoms with E-state index in [0.29, 0.717) is 6.04 Å². The highest BCUT2D eigenvalue weighted by Gasteiger charge is 2.29. The molecule has 0 radical (unpaired) electrons. The number of nitrogens with two attached hydrogens (primary N) is 1. The minimum atomic E-state index is -0.115. The van der Waals surface area contributed by atoms with Crippen LogP contribution in [0.15, 0.2) is 24.3 Å². The lowest BCUT2D eigenvalue weighted by Crippen LogP contribution is -2.44. The second-order valence-electron chi connectivity index (χ2n) is 5.27. The van der Waals surface area contributed by atoms with E-state index in [9.17, 15) is 0 Å². The van der Waals surface area contributed by atoms with Crippen LogP contribution in [0.4, 0.5) is 0 Å². The zero-order chi connectivity index (χ0) is 11.1. The van der Waals surface area contributed by atoms with Gasteiger partial charge in [0, 0.05) is 24.7 Å². The fourth-order valence-corrected chi connectivity index (χ4v) is 2.35. The summed E-state index contributed by atoms with van der Waals surface area (Å²) < 4.78 is 0. The highest BCUT2D eigenvalue weighted by atomic mass is 35.5. The summed E-state index contributed by atoms with van der Waals surface area (Å²) in [6.45, 7) is 8.42. The van der Waals surface area contributed by atoms with Gasteiger partial charge in [-0.2, -0.15) is 0 Å². The van der Waals surface area contributed by atoms with E-state index in [1.54, 1.807) is 0 Å². The maximum atomic E-state index is 6.07. The molecule has 90 valence electrons. The van der Waals surface area contributed by atoms with Gasteiger partial charge in [-0.25, -0.2) is 0 Å². The molecule has 0 aromatic heterocycles. The second kappa shape index (κ2) is 4.74. The number of rotatable bonds is 2. The van der Waals surface area contributed by atoms with E-state index < -0.39 is 0 Å². The molecule has 16 heavy (non-hydrogen) atoms.